The molecule has 1 unspecified atom stereocenters. The maximum Gasteiger partial charge on any atom is 0.236 e. The van der Waals surface area contributed by atoms with E-state index in [1.807, 2.05) is 15.9 Å². The van der Waals surface area contributed by atoms with Crippen molar-refractivity contribution in [2.45, 2.75) is 38.0 Å². The monoisotopic (exact) mass is 356 g/mol. The van der Waals surface area contributed by atoms with Crippen molar-refractivity contribution < 1.29 is 9.59 Å². The van der Waals surface area contributed by atoms with Gasteiger partial charge < -0.3 is 9.80 Å². The van der Waals surface area contributed by atoms with E-state index in [1.165, 1.54) is 18.4 Å². The fourth-order valence-corrected chi connectivity index (χ4v) is 4.48. The van der Waals surface area contributed by atoms with Gasteiger partial charge in [-0.15, -0.1) is 0 Å². The van der Waals surface area contributed by atoms with Crippen LogP contribution in [0.4, 0.5) is 0 Å². The lowest BCUT2D eigenvalue weighted by atomic mass is 9.85. The first kappa shape index (κ1) is 17.5. The third-order valence-electron chi connectivity index (χ3n) is 5.99. The zero-order valence-corrected chi connectivity index (χ0v) is 15.4. The summed E-state index contributed by atoms with van der Waals surface area (Å²) in [6, 6.07) is 4.05. The maximum absolute atomic E-state index is 13.0. The van der Waals surface area contributed by atoms with Gasteiger partial charge in [0.15, 0.2) is 0 Å². The smallest absolute Gasteiger partial charge is 0.236 e. The van der Waals surface area contributed by atoms with Crippen molar-refractivity contribution in [1.29, 1.82) is 0 Å². The van der Waals surface area contributed by atoms with Gasteiger partial charge in [-0.05, 0) is 56.8 Å². The van der Waals surface area contributed by atoms with E-state index in [2.05, 4.69) is 16.0 Å². The summed E-state index contributed by atoms with van der Waals surface area (Å²) in [7, 11) is 0. The summed E-state index contributed by atoms with van der Waals surface area (Å²) in [6.07, 6.45) is 7.14. The van der Waals surface area contributed by atoms with Crippen LogP contribution in [0.25, 0.3) is 0 Å². The van der Waals surface area contributed by atoms with Crippen LogP contribution in [-0.4, -0.2) is 77.3 Å². The molecule has 1 atom stereocenters. The summed E-state index contributed by atoms with van der Waals surface area (Å²) in [4.78, 5) is 36.1. The van der Waals surface area contributed by atoms with Gasteiger partial charge in [0.25, 0.3) is 0 Å². The molecule has 0 aromatic carbocycles. The maximum atomic E-state index is 13.0. The molecule has 0 saturated carbocycles. The van der Waals surface area contributed by atoms with Gasteiger partial charge in [0.1, 0.15) is 0 Å². The number of carbonyl (C=O) groups excluding carboxylic acids is 2. The topological polar surface area (TPSA) is 56.8 Å². The van der Waals surface area contributed by atoms with Crippen LogP contribution in [0.5, 0.6) is 0 Å². The normalized spacial score (nSPS) is 23.8. The Hall–Kier alpha value is -1.95. The van der Waals surface area contributed by atoms with Crippen LogP contribution in [-0.2, 0) is 16.0 Å². The number of likely N-dealkylation sites (tertiary alicyclic amines) is 1. The number of nitrogens with zero attached hydrogens (tertiary/aromatic N) is 4. The van der Waals surface area contributed by atoms with Gasteiger partial charge in [-0.1, -0.05) is 6.07 Å². The quantitative estimate of drug-likeness (QED) is 0.818. The van der Waals surface area contributed by atoms with Crippen molar-refractivity contribution in [2.75, 3.05) is 45.8 Å². The Bertz CT molecular complexity index is 664. The molecule has 2 aliphatic heterocycles. The van der Waals surface area contributed by atoms with Gasteiger partial charge in [0.05, 0.1) is 18.2 Å². The van der Waals surface area contributed by atoms with Gasteiger partial charge in [0, 0.05) is 32.4 Å². The molecule has 1 aliphatic carbocycles. The summed E-state index contributed by atoms with van der Waals surface area (Å²) < 4.78 is 0. The second kappa shape index (κ2) is 7.74. The van der Waals surface area contributed by atoms with E-state index in [9.17, 15) is 9.59 Å². The zero-order valence-electron chi connectivity index (χ0n) is 15.4. The van der Waals surface area contributed by atoms with E-state index in [-0.39, 0.29) is 17.7 Å². The minimum Gasteiger partial charge on any atom is -0.339 e. The first-order valence-electron chi connectivity index (χ1n) is 9.95. The number of fused-ring (bicyclic) bond motifs is 1. The highest BCUT2D eigenvalue weighted by molar-refractivity contribution is 5.84. The Morgan fingerprint density at radius 2 is 1.73 bits per heavy atom. The number of aryl methyl sites for hydroxylation is 1. The van der Waals surface area contributed by atoms with E-state index >= 15 is 0 Å². The second-order valence-electron chi connectivity index (χ2n) is 7.68. The molecule has 2 saturated heterocycles. The minimum atomic E-state index is -0.105. The molecule has 4 rings (SSSR count). The van der Waals surface area contributed by atoms with E-state index in [0.29, 0.717) is 32.7 Å². The number of amides is 2. The first-order chi connectivity index (χ1) is 12.7. The predicted molar refractivity (Wildman–Crippen MR) is 98.8 cm³/mol. The largest absolute Gasteiger partial charge is 0.339 e. The van der Waals surface area contributed by atoms with Crippen molar-refractivity contribution in [3.63, 3.8) is 0 Å². The summed E-state index contributed by atoms with van der Waals surface area (Å²) in [5.41, 5.74) is 2.19. The Morgan fingerprint density at radius 3 is 2.50 bits per heavy atom. The fraction of sp³-hybridized carbons (Fsp3) is 0.650. The molecule has 0 bridgehead atoms. The highest BCUT2D eigenvalue weighted by atomic mass is 16.2. The van der Waals surface area contributed by atoms with Crippen LogP contribution in [0.15, 0.2) is 18.3 Å². The zero-order chi connectivity index (χ0) is 17.9. The highest BCUT2D eigenvalue weighted by Gasteiger charge is 2.33. The minimum absolute atomic E-state index is 0.105. The number of rotatable bonds is 3. The molecule has 140 valence electrons. The first-order valence-corrected chi connectivity index (χ1v) is 9.95. The number of aromatic nitrogens is 1. The van der Waals surface area contributed by atoms with Gasteiger partial charge >= 0.3 is 0 Å². The van der Waals surface area contributed by atoms with Crippen molar-refractivity contribution in [3.8, 4) is 0 Å². The molecule has 1 aromatic heterocycles. The molecule has 3 aliphatic rings. The molecular formula is C20H28N4O2. The average Bonchev–Trinajstić information content (AvgIpc) is 3.20. The lowest BCUT2D eigenvalue weighted by Crippen LogP contribution is -2.53. The summed E-state index contributed by atoms with van der Waals surface area (Å²) >= 11 is 0. The summed E-state index contributed by atoms with van der Waals surface area (Å²) in [5.74, 6) is 0.298. The third-order valence-corrected chi connectivity index (χ3v) is 5.99. The molecule has 6 heteroatoms. The van der Waals surface area contributed by atoms with E-state index in [0.717, 1.165) is 38.0 Å². The van der Waals surface area contributed by atoms with E-state index < -0.39 is 0 Å². The van der Waals surface area contributed by atoms with Gasteiger partial charge in [-0.25, -0.2) is 0 Å². The molecule has 1 aromatic rings. The second-order valence-corrected chi connectivity index (χ2v) is 7.68. The fourth-order valence-electron chi connectivity index (χ4n) is 4.48. The van der Waals surface area contributed by atoms with Crippen LogP contribution in [0, 0.1) is 0 Å². The molecule has 0 spiro atoms. The Balaban J connectivity index is 1.33. The van der Waals surface area contributed by atoms with Gasteiger partial charge in [0.2, 0.25) is 11.8 Å². The molecule has 6 nitrogen and oxygen atoms in total. The van der Waals surface area contributed by atoms with Crippen molar-refractivity contribution >= 4 is 11.8 Å². The lowest BCUT2D eigenvalue weighted by Gasteiger charge is -2.37. The Morgan fingerprint density at radius 1 is 1.00 bits per heavy atom. The standard InChI is InChI=1S/C20H28N4O2/c25-18(15-22-9-1-2-10-22)23-11-13-24(14-12-23)20(26)17-7-3-5-16-6-4-8-21-19(16)17/h4,6,8,17H,1-3,5,7,9-15H2. The molecule has 2 amide bonds. The van der Waals surface area contributed by atoms with Crippen LogP contribution in [0.2, 0.25) is 0 Å². The average molecular weight is 356 g/mol. The Labute approximate surface area is 155 Å². The van der Waals surface area contributed by atoms with Gasteiger partial charge in [-0.2, -0.15) is 0 Å². The summed E-state index contributed by atoms with van der Waals surface area (Å²) in [6.45, 7) is 5.21. The predicted octanol–water partition coefficient (Wildman–Crippen LogP) is 1.27. The van der Waals surface area contributed by atoms with Gasteiger partial charge in [-0.3, -0.25) is 19.5 Å². The SMILES string of the molecule is O=C(CN1CCCC1)N1CCN(C(=O)C2CCCc3cccnc32)CC1. The molecule has 0 radical (unpaired) electrons. The molecule has 26 heavy (non-hydrogen) atoms. The molecule has 0 N–H and O–H groups in total. The Kier molecular flexibility index (Phi) is 5.20. The molecular weight excluding hydrogens is 328 g/mol. The lowest BCUT2D eigenvalue weighted by molar-refractivity contribution is -0.141. The number of hydrogen-bond acceptors (Lipinski definition) is 4. The van der Waals surface area contributed by atoms with Crippen molar-refractivity contribution in [1.82, 2.24) is 19.7 Å². The highest BCUT2D eigenvalue weighted by Crippen LogP contribution is 2.31. The third kappa shape index (κ3) is 3.61. The number of piperazine rings is 1. The molecule has 3 heterocycles. The summed E-state index contributed by atoms with van der Waals surface area (Å²) in [5, 5.41) is 0. The number of carbonyl (C=O) groups is 2. The van der Waals surface area contributed by atoms with Crippen LogP contribution in [0.3, 0.4) is 0 Å². The van der Waals surface area contributed by atoms with Crippen LogP contribution >= 0.6 is 0 Å². The number of hydrogen-bond donors (Lipinski definition) is 0. The van der Waals surface area contributed by atoms with E-state index in [1.54, 1.807) is 6.20 Å². The number of pyridine rings is 1. The van der Waals surface area contributed by atoms with E-state index in [4.69, 9.17) is 0 Å². The molecule has 2 fully saturated rings. The van der Waals surface area contributed by atoms with Crippen molar-refractivity contribution in [3.05, 3.63) is 29.6 Å². The van der Waals surface area contributed by atoms with Crippen LogP contribution < -0.4 is 0 Å². The van der Waals surface area contributed by atoms with Crippen LogP contribution in [0.1, 0.15) is 42.9 Å². The van der Waals surface area contributed by atoms with Crippen molar-refractivity contribution in [2.24, 2.45) is 0 Å².